The summed E-state index contributed by atoms with van der Waals surface area (Å²) in [7, 11) is 0. The Morgan fingerprint density at radius 2 is 1.94 bits per heavy atom. The standard InChI is InChI=1S/C22H21F5N4O4/c1-21(35-17(11-32)13-8-14(22(25,26)27)10-16(24)9-13)18(12-2-4-15(23)5-3-12)31(6-7-34-21)19-28-20(33)30-29-19/h2-5,8-10,17-18,32H,6-7,11H2,1H3,(H2,28,29,30,33)/t17?,18-,21+/m0/s1. The number of aromatic amines is 2. The molecule has 13 heteroatoms. The lowest BCUT2D eigenvalue weighted by atomic mass is 9.95. The van der Waals surface area contributed by atoms with Gasteiger partial charge in [0.1, 0.15) is 23.8 Å². The average molecular weight is 500 g/mol. The van der Waals surface area contributed by atoms with Crippen molar-refractivity contribution < 1.29 is 36.5 Å². The maximum Gasteiger partial charge on any atom is 0.416 e. The van der Waals surface area contributed by atoms with Crippen LogP contribution in [-0.2, 0) is 15.7 Å². The molecule has 8 nitrogen and oxygen atoms in total. The number of benzene rings is 2. The highest BCUT2D eigenvalue weighted by Gasteiger charge is 2.47. The van der Waals surface area contributed by atoms with E-state index in [0.29, 0.717) is 17.7 Å². The summed E-state index contributed by atoms with van der Waals surface area (Å²) < 4.78 is 79.3. The Kier molecular flexibility index (Phi) is 6.66. The second-order valence-electron chi connectivity index (χ2n) is 8.07. The van der Waals surface area contributed by atoms with Gasteiger partial charge in [0.05, 0.1) is 18.8 Å². The van der Waals surface area contributed by atoms with E-state index in [-0.39, 0.29) is 24.7 Å². The molecule has 4 rings (SSSR count). The number of aliphatic hydroxyl groups excluding tert-OH is 1. The molecule has 0 radical (unpaired) electrons. The molecule has 3 aromatic rings. The molecule has 1 aliphatic rings. The van der Waals surface area contributed by atoms with Crippen LogP contribution in [0.4, 0.5) is 27.9 Å². The third-order valence-electron chi connectivity index (χ3n) is 5.64. The van der Waals surface area contributed by atoms with E-state index in [1.165, 1.54) is 31.2 Å². The van der Waals surface area contributed by atoms with Crippen molar-refractivity contribution in [2.24, 2.45) is 0 Å². The van der Waals surface area contributed by atoms with E-state index < -0.39 is 53.6 Å². The number of nitrogens with zero attached hydrogens (tertiary/aromatic N) is 2. The molecule has 3 N–H and O–H groups in total. The lowest BCUT2D eigenvalue weighted by Crippen LogP contribution is -2.55. The Morgan fingerprint density at radius 1 is 1.23 bits per heavy atom. The van der Waals surface area contributed by atoms with Crippen molar-refractivity contribution in [1.29, 1.82) is 0 Å². The fraction of sp³-hybridized carbons (Fsp3) is 0.364. The molecule has 188 valence electrons. The molecule has 2 heterocycles. The zero-order valence-electron chi connectivity index (χ0n) is 18.3. The number of alkyl halides is 3. The number of ether oxygens (including phenoxy) is 2. The molecule has 1 aliphatic heterocycles. The number of halogens is 5. The van der Waals surface area contributed by atoms with Gasteiger partial charge in [-0.05, 0) is 48.4 Å². The van der Waals surface area contributed by atoms with Crippen LogP contribution >= 0.6 is 0 Å². The van der Waals surface area contributed by atoms with Gasteiger partial charge in [-0.2, -0.15) is 13.2 Å². The first-order valence-corrected chi connectivity index (χ1v) is 10.5. The van der Waals surface area contributed by atoms with Crippen molar-refractivity contribution in [3.8, 4) is 0 Å². The van der Waals surface area contributed by atoms with Gasteiger partial charge in [0.15, 0.2) is 5.79 Å². The van der Waals surface area contributed by atoms with Gasteiger partial charge >= 0.3 is 11.9 Å². The van der Waals surface area contributed by atoms with Crippen molar-refractivity contribution >= 4 is 5.95 Å². The summed E-state index contributed by atoms with van der Waals surface area (Å²) in [6, 6.07) is 6.25. The number of nitrogens with one attached hydrogen (secondary N) is 2. The third-order valence-corrected chi connectivity index (χ3v) is 5.64. The number of hydrogen-bond acceptors (Lipinski definition) is 6. The molecular formula is C22H21F5N4O4. The molecule has 0 amide bonds. The molecule has 1 saturated heterocycles. The minimum absolute atomic E-state index is 0.0399. The number of morpholine rings is 1. The normalized spacial score (nSPS) is 21.8. The molecule has 0 aliphatic carbocycles. The molecule has 0 saturated carbocycles. The summed E-state index contributed by atoms with van der Waals surface area (Å²) in [5.74, 6) is -3.21. The minimum atomic E-state index is -4.82. The lowest BCUT2D eigenvalue weighted by molar-refractivity contribution is -0.278. The van der Waals surface area contributed by atoms with Crippen LogP contribution < -0.4 is 10.6 Å². The van der Waals surface area contributed by atoms with E-state index in [1.54, 1.807) is 4.90 Å². The summed E-state index contributed by atoms with van der Waals surface area (Å²) in [6.07, 6.45) is -6.24. The molecule has 1 aromatic heterocycles. The van der Waals surface area contributed by atoms with E-state index in [0.717, 1.165) is 6.07 Å². The average Bonchev–Trinajstić information content (AvgIpc) is 3.23. The van der Waals surface area contributed by atoms with Crippen LogP contribution in [-0.4, -0.2) is 45.8 Å². The van der Waals surface area contributed by atoms with Gasteiger partial charge in [-0.1, -0.05) is 12.1 Å². The fourth-order valence-corrected chi connectivity index (χ4v) is 4.14. The summed E-state index contributed by atoms with van der Waals surface area (Å²) >= 11 is 0. The molecule has 1 unspecified atom stereocenters. The Bertz CT molecular complexity index is 1230. The summed E-state index contributed by atoms with van der Waals surface area (Å²) in [5, 5.41) is 16.2. The van der Waals surface area contributed by atoms with E-state index in [4.69, 9.17) is 9.47 Å². The molecule has 0 bridgehead atoms. The minimum Gasteiger partial charge on any atom is -0.393 e. The van der Waals surface area contributed by atoms with Crippen LogP contribution in [0.2, 0.25) is 0 Å². The van der Waals surface area contributed by atoms with Gasteiger partial charge in [0, 0.05) is 6.54 Å². The summed E-state index contributed by atoms with van der Waals surface area (Å²) in [5.41, 5.74) is -1.62. The molecule has 35 heavy (non-hydrogen) atoms. The van der Waals surface area contributed by atoms with Gasteiger partial charge in [-0.25, -0.2) is 18.7 Å². The van der Waals surface area contributed by atoms with E-state index in [2.05, 4.69) is 15.2 Å². The van der Waals surface area contributed by atoms with Gasteiger partial charge in [-0.3, -0.25) is 4.98 Å². The van der Waals surface area contributed by atoms with Gasteiger partial charge in [-0.15, -0.1) is 5.10 Å². The predicted molar refractivity (Wildman–Crippen MR) is 112 cm³/mol. The van der Waals surface area contributed by atoms with Crippen molar-refractivity contribution in [2.75, 3.05) is 24.7 Å². The third kappa shape index (κ3) is 5.21. The molecule has 2 aromatic carbocycles. The van der Waals surface area contributed by atoms with Gasteiger partial charge in [0.2, 0.25) is 5.95 Å². The van der Waals surface area contributed by atoms with Crippen molar-refractivity contribution in [1.82, 2.24) is 15.2 Å². The summed E-state index contributed by atoms with van der Waals surface area (Å²) in [6.45, 7) is 0.932. The van der Waals surface area contributed by atoms with E-state index in [9.17, 15) is 31.9 Å². The number of H-pyrrole nitrogens is 2. The summed E-state index contributed by atoms with van der Waals surface area (Å²) in [4.78, 5) is 15.8. The van der Waals surface area contributed by atoms with Crippen molar-refractivity contribution in [3.05, 3.63) is 81.3 Å². The maximum atomic E-state index is 14.0. The Morgan fingerprint density at radius 3 is 2.54 bits per heavy atom. The van der Waals surface area contributed by atoms with Crippen molar-refractivity contribution in [2.45, 2.75) is 31.0 Å². The predicted octanol–water partition coefficient (Wildman–Crippen LogP) is 3.44. The van der Waals surface area contributed by atoms with Crippen LogP contribution in [0.1, 0.15) is 35.8 Å². The first-order chi connectivity index (χ1) is 16.5. The Labute approximate surface area is 195 Å². The van der Waals surface area contributed by atoms with E-state index >= 15 is 0 Å². The monoisotopic (exact) mass is 500 g/mol. The Hall–Kier alpha value is -3.29. The number of aromatic nitrogens is 3. The maximum absolute atomic E-state index is 14.0. The smallest absolute Gasteiger partial charge is 0.393 e. The Balaban J connectivity index is 1.76. The molecule has 3 atom stereocenters. The van der Waals surface area contributed by atoms with Crippen LogP contribution in [0.5, 0.6) is 0 Å². The number of aliphatic hydroxyl groups is 1. The largest absolute Gasteiger partial charge is 0.416 e. The lowest BCUT2D eigenvalue weighted by Gasteiger charge is -2.48. The highest BCUT2D eigenvalue weighted by atomic mass is 19.4. The SMILES string of the molecule is C[C@]1(OC(CO)c2cc(F)cc(C(F)(F)F)c2)OCCN(c2n[nH]c(=O)[nH]2)[C@H]1c1ccc(F)cc1. The zero-order chi connectivity index (χ0) is 25.4. The first kappa shape index (κ1) is 24.8. The fourth-order valence-electron chi connectivity index (χ4n) is 4.14. The highest BCUT2D eigenvalue weighted by molar-refractivity contribution is 5.38. The molecule has 0 spiro atoms. The zero-order valence-corrected chi connectivity index (χ0v) is 18.3. The van der Waals surface area contributed by atoms with E-state index in [1.807, 2.05) is 0 Å². The topological polar surface area (TPSA) is 103 Å². The first-order valence-electron chi connectivity index (χ1n) is 10.5. The van der Waals surface area contributed by atoms with Crippen LogP contribution in [0.15, 0.2) is 47.3 Å². The highest BCUT2D eigenvalue weighted by Crippen LogP contribution is 2.43. The number of hydrogen-bond donors (Lipinski definition) is 3. The molecule has 1 fully saturated rings. The van der Waals surface area contributed by atoms with Gasteiger partial charge in [0.25, 0.3) is 0 Å². The number of anilines is 1. The van der Waals surface area contributed by atoms with Crippen LogP contribution in [0.3, 0.4) is 0 Å². The second kappa shape index (κ2) is 9.40. The van der Waals surface area contributed by atoms with Gasteiger partial charge < -0.3 is 19.5 Å². The number of rotatable bonds is 6. The molecular weight excluding hydrogens is 479 g/mol. The van der Waals surface area contributed by atoms with Crippen LogP contribution in [0, 0.1) is 11.6 Å². The second-order valence-corrected chi connectivity index (χ2v) is 8.07. The van der Waals surface area contributed by atoms with Crippen molar-refractivity contribution in [3.63, 3.8) is 0 Å². The van der Waals surface area contributed by atoms with Crippen LogP contribution in [0.25, 0.3) is 0 Å². The quantitative estimate of drug-likeness (QED) is 0.448.